The lowest BCUT2D eigenvalue weighted by Crippen LogP contribution is -2.20. The van der Waals surface area contributed by atoms with Gasteiger partial charge in [-0.15, -0.1) is 0 Å². The number of hydrogen-bond donors (Lipinski definition) is 2. The third-order valence-electron chi connectivity index (χ3n) is 4.70. The van der Waals surface area contributed by atoms with Gasteiger partial charge in [-0.1, -0.05) is 26.0 Å². The van der Waals surface area contributed by atoms with E-state index in [2.05, 4.69) is 28.0 Å². The topological polar surface area (TPSA) is 70.6 Å². The Morgan fingerprint density at radius 2 is 1.92 bits per heavy atom. The highest BCUT2D eigenvalue weighted by Crippen LogP contribution is 2.42. The zero-order valence-electron chi connectivity index (χ0n) is 14.0. The minimum atomic E-state index is -0.244. The average molecular weight is 325 g/mol. The second kappa shape index (κ2) is 6.99. The first-order valence-corrected chi connectivity index (χ1v) is 8.45. The molecule has 1 aromatic rings. The van der Waals surface area contributed by atoms with E-state index >= 15 is 0 Å². The number of benzene rings is 1. The van der Waals surface area contributed by atoms with Crippen molar-refractivity contribution in [3.8, 4) is 0 Å². The molecule has 0 aliphatic heterocycles. The molecule has 0 spiro atoms. The van der Waals surface area contributed by atoms with Crippen LogP contribution in [0, 0.1) is 23.7 Å². The molecule has 3 rings (SSSR count). The third kappa shape index (κ3) is 3.72. The predicted molar refractivity (Wildman–Crippen MR) is 94.7 cm³/mol. The summed E-state index contributed by atoms with van der Waals surface area (Å²) in [6.07, 6.45) is 8.76. The highest BCUT2D eigenvalue weighted by Gasteiger charge is 2.34. The van der Waals surface area contributed by atoms with Gasteiger partial charge in [0.1, 0.15) is 0 Å². The SMILES string of the molecule is CC(C)C(=O)Nc1ccc(C(=O)N/N=C\[C@@H]2C[C@@H]3C=C[C@H]2C3)cc1. The average Bonchev–Trinajstić information content (AvgIpc) is 3.18. The number of nitrogens with one attached hydrogen (secondary N) is 2. The van der Waals surface area contributed by atoms with Crippen LogP contribution in [0.4, 0.5) is 5.69 Å². The van der Waals surface area contributed by atoms with Crippen LogP contribution in [0.5, 0.6) is 0 Å². The number of hydrazone groups is 1. The van der Waals surface area contributed by atoms with Crippen LogP contribution in [0.25, 0.3) is 0 Å². The largest absolute Gasteiger partial charge is 0.326 e. The lowest BCUT2D eigenvalue weighted by molar-refractivity contribution is -0.118. The Kier molecular flexibility index (Phi) is 4.79. The lowest BCUT2D eigenvalue weighted by Gasteiger charge is -2.12. The second-order valence-electron chi connectivity index (χ2n) is 6.88. The maximum absolute atomic E-state index is 12.1. The van der Waals surface area contributed by atoms with Crippen LogP contribution in [-0.4, -0.2) is 18.0 Å². The van der Waals surface area contributed by atoms with Gasteiger partial charge in [0, 0.05) is 29.3 Å². The number of allylic oxidation sites excluding steroid dienone is 2. The van der Waals surface area contributed by atoms with Gasteiger partial charge in [0.05, 0.1) is 0 Å². The van der Waals surface area contributed by atoms with Crippen LogP contribution in [0.1, 0.15) is 37.0 Å². The molecule has 0 radical (unpaired) electrons. The number of fused-ring (bicyclic) bond motifs is 2. The molecule has 3 atom stereocenters. The van der Waals surface area contributed by atoms with Crippen LogP contribution < -0.4 is 10.7 Å². The molecule has 24 heavy (non-hydrogen) atoms. The molecular weight excluding hydrogens is 302 g/mol. The zero-order chi connectivity index (χ0) is 17.1. The summed E-state index contributed by atoms with van der Waals surface area (Å²) in [6, 6.07) is 6.81. The molecule has 1 fully saturated rings. The molecule has 5 heteroatoms. The second-order valence-corrected chi connectivity index (χ2v) is 6.88. The van der Waals surface area contributed by atoms with E-state index in [-0.39, 0.29) is 17.7 Å². The summed E-state index contributed by atoms with van der Waals surface area (Å²) in [5, 5.41) is 6.91. The maximum Gasteiger partial charge on any atom is 0.271 e. The Hall–Kier alpha value is -2.43. The number of rotatable bonds is 5. The first-order valence-electron chi connectivity index (χ1n) is 8.45. The highest BCUT2D eigenvalue weighted by atomic mass is 16.2. The molecule has 2 N–H and O–H groups in total. The molecule has 2 aliphatic rings. The first kappa shape index (κ1) is 16.4. The summed E-state index contributed by atoms with van der Waals surface area (Å²) in [4.78, 5) is 23.7. The normalized spacial score (nSPS) is 24.7. The molecule has 2 aliphatic carbocycles. The van der Waals surface area contributed by atoms with E-state index in [1.54, 1.807) is 24.3 Å². The monoisotopic (exact) mass is 325 g/mol. The molecular formula is C19H23N3O2. The van der Waals surface area contributed by atoms with E-state index in [9.17, 15) is 9.59 Å². The van der Waals surface area contributed by atoms with Crippen LogP contribution in [0.3, 0.4) is 0 Å². The molecule has 2 bridgehead atoms. The summed E-state index contributed by atoms with van der Waals surface area (Å²) in [5.74, 6) is 1.34. The van der Waals surface area contributed by atoms with E-state index in [1.165, 1.54) is 6.42 Å². The number of carbonyl (C=O) groups is 2. The third-order valence-corrected chi connectivity index (χ3v) is 4.70. The summed E-state index contributed by atoms with van der Waals surface area (Å²) in [5.41, 5.74) is 3.78. The van der Waals surface area contributed by atoms with E-state index in [4.69, 9.17) is 0 Å². The molecule has 126 valence electrons. The molecule has 0 heterocycles. The van der Waals surface area contributed by atoms with Crippen molar-refractivity contribution in [2.45, 2.75) is 26.7 Å². The Labute approximate surface area is 142 Å². The molecule has 0 unspecified atom stereocenters. The van der Waals surface area contributed by atoms with Gasteiger partial charge in [-0.3, -0.25) is 9.59 Å². The van der Waals surface area contributed by atoms with Crippen molar-refractivity contribution in [1.29, 1.82) is 0 Å². The van der Waals surface area contributed by atoms with Crippen LogP contribution in [0.15, 0.2) is 41.5 Å². The minimum Gasteiger partial charge on any atom is -0.326 e. The molecule has 1 aromatic carbocycles. The van der Waals surface area contributed by atoms with E-state index in [0.29, 0.717) is 29.0 Å². The molecule has 0 saturated heterocycles. The van der Waals surface area contributed by atoms with Crippen molar-refractivity contribution in [1.82, 2.24) is 5.43 Å². The zero-order valence-corrected chi connectivity index (χ0v) is 14.0. The van der Waals surface area contributed by atoms with Gasteiger partial charge in [0.15, 0.2) is 0 Å². The number of anilines is 1. The van der Waals surface area contributed by atoms with Crippen molar-refractivity contribution in [2.75, 3.05) is 5.32 Å². The lowest BCUT2D eigenvalue weighted by atomic mass is 9.95. The molecule has 1 saturated carbocycles. The van der Waals surface area contributed by atoms with Crippen LogP contribution in [-0.2, 0) is 4.79 Å². The molecule has 0 aromatic heterocycles. The van der Waals surface area contributed by atoms with Gasteiger partial charge in [0.2, 0.25) is 5.91 Å². The summed E-state index contributed by atoms with van der Waals surface area (Å²) >= 11 is 0. The van der Waals surface area contributed by atoms with Crippen molar-refractivity contribution in [3.05, 3.63) is 42.0 Å². The summed E-state index contributed by atoms with van der Waals surface area (Å²) < 4.78 is 0. The fraction of sp³-hybridized carbons (Fsp3) is 0.421. The maximum atomic E-state index is 12.1. The van der Waals surface area contributed by atoms with E-state index < -0.39 is 0 Å². The van der Waals surface area contributed by atoms with Gasteiger partial charge in [-0.2, -0.15) is 5.10 Å². The number of amides is 2. The van der Waals surface area contributed by atoms with Gasteiger partial charge in [0.25, 0.3) is 5.91 Å². The Morgan fingerprint density at radius 3 is 2.50 bits per heavy atom. The van der Waals surface area contributed by atoms with Crippen molar-refractivity contribution < 1.29 is 9.59 Å². The highest BCUT2D eigenvalue weighted by molar-refractivity contribution is 5.96. The Balaban J connectivity index is 1.51. The number of carbonyl (C=O) groups excluding carboxylic acids is 2. The van der Waals surface area contributed by atoms with Crippen LogP contribution in [0.2, 0.25) is 0 Å². The van der Waals surface area contributed by atoms with Gasteiger partial charge in [-0.25, -0.2) is 5.43 Å². The van der Waals surface area contributed by atoms with Gasteiger partial charge < -0.3 is 5.32 Å². The first-order chi connectivity index (χ1) is 11.5. The summed E-state index contributed by atoms with van der Waals surface area (Å²) in [7, 11) is 0. The summed E-state index contributed by atoms with van der Waals surface area (Å²) in [6.45, 7) is 3.67. The quantitative estimate of drug-likeness (QED) is 0.496. The molecule has 2 amide bonds. The number of hydrogen-bond acceptors (Lipinski definition) is 3. The Bertz CT molecular complexity index is 676. The smallest absolute Gasteiger partial charge is 0.271 e. The number of nitrogens with zero attached hydrogens (tertiary/aromatic N) is 1. The minimum absolute atomic E-state index is 0.0447. The molecule has 5 nitrogen and oxygen atoms in total. The standard InChI is InChI=1S/C19H23N3O2/c1-12(2)18(23)21-17-7-5-14(6-8-17)19(24)22-20-11-16-10-13-3-4-15(16)9-13/h3-8,11-13,15-16H,9-10H2,1-2H3,(H,21,23)(H,22,24)/b20-11-/t13-,15+,16+/m1/s1. The van der Waals surface area contributed by atoms with Crippen molar-refractivity contribution in [2.24, 2.45) is 28.8 Å². The predicted octanol–water partition coefficient (Wildman–Crippen LogP) is 3.21. The fourth-order valence-corrected chi connectivity index (χ4v) is 3.24. The van der Waals surface area contributed by atoms with Crippen LogP contribution >= 0.6 is 0 Å². The van der Waals surface area contributed by atoms with E-state index in [0.717, 1.165) is 6.42 Å². The van der Waals surface area contributed by atoms with Gasteiger partial charge >= 0.3 is 0 Å². The van der Waals surface area contributed by atoms with Crippen molar-refractivity contribution in [3.63, 3.8) is 0 Å². The fourth-order valence-electron chi connectivity index (χ4n) is 3.24. The van der Waals surface area contributed by atoms with E-state index in [1.807, 2.05) is 20.1 Å². The Morgan fingerprint density at radius 1 is 1.17 bits per heavy atom. The van der Waals surface area contributed by atoms with Crippen molar-refractivity contribution >= 4 is 23.7 Å². The van der Waals surface area contributed by atoms with Gasteiger partial charge in [-0.05, 0) is 48.9 Å².